The maximum atomic E-state index is 11.9. The van der Waals surface area contributed by atoms with Gasteiger partial charge in [-0.2, -0.15) is 0 Å². The minimum absolute atomic E-state index is 0.213. The number of ketones is 1. The predicted molar refractivity (Wildman–Crippen MR) is 66.0 cm³/mol. The Labute approximate surface area is 100 Å². The number of carbonyl (C=O) groups excluding carboxylic acids is 1. The van der Waals surface area contributed by atoms with E-state index in [4.69, 9.17) is 4.42 Å². The summed E-state index contributed by atoms with van der Waals surface area (Å²) in [5.74, 6) is 2.26. The van der Waals surface area contributed by atoms with E-state index >= 15 is 0 Å². The average Bonchev–Trinajstić information content (AvgIpc) is 2.74. The van der Waals surface area contributed by atoms with Crippen LogP contribution in [0.2, 0.25) is 0 Å². The predicted octanol–water partition coefficient (Wildman–Crippen LogP) is 3.71. The number of carbonyl (C=O) groups is 1. The van der Waals surface area contributed by atoms with Gasteiger partial charge in [0.1, 0.15) is 11.5 Å². The summed E-state index contributed by atoms with van der Waals surface area (Å²) in [5.41, 5.74) is 1.81. The van der Waals surface area contributed by atoms with Crippen LogP contribution in [-0.4, -0.2) is 5.78 Å². The second-order valence-corrected chi connectivity index (χ2v) is 4.75. The molecule has 0 unspecified atom stereocenters. The highest BCUT2D eigenvalue weighted by molar-refractivity contribution is 5.99. The Balaban J connectivity index is 2.06. The fraction of sp³-hybridized carbons (Fsp3) is 0.267. The van der Waals surface area contributed by atoms with Crippen LogP contribution < -0.4 is 0 Å². The third-order valence-corrected chi connectivity index (χ3v) is 3.24. The van der Waals surface area contributed by atoms with E-state index in [9.17, 15) is 4.79 Å². The zero-order chi connectivity index (χ0) is 11.8. The number of benzene rings is 1. The Hall–Kier alpha value is -1.83. The van der Waals surface area contributed by atoms with Gasteiger partial charge < -0.3 is 4.42 Å². The summed E-state index contributed by atoms with van der Waals surface area (Å²) in [6.07, 6.45) is 1.51. The summed E-state index contributed by atoms with van der Waals surface area (Å²) < 4.78 is 5.81. The molecule has 1 aliphatic carbocycles. The van der Waals surface area contributed by atoms with E-state index in [1.165, 1.54) is 0 Å². The molecule has 86 valence electrons. The first-order valence-electron chi connectivity index (χ1n) is 5.95. The van der Waals surface area contributed by atoms with Crippen LogP contribution in [0, 0.1) is 5.92 Å². The van der Waals surface area contributed by atoms with Gasteiger partial charge in [0, 0.05) is 18.4 Å². The SMILES string of the molecule is C[C@@H]1CC(=O)c2cc(-c3ccccc3)oc2C1. The molecule has 1 atom stereocenters. The number of hydrogen-bond donors (Lipinski definition) is 0. The van der Waals surface area contributed by atoms with Gasteiger partial charge in [-0.15, -0.1) is 0 Å². The molecule has 0 aliphatic heterocycles. The zero-order valence-corrected chi connectivity index (χ0v) is 9.77. The minimum atomic E-state index is 0.213. The summed E-state index contributed by atoms with van der Waals surface area (Å²) in [5, 5.41) is 0. The molecule has 0 saturated carbocycles. The van der Waals surface area contributed by atoms with Crippen molar-refractivity contribution in [3.05, 3.63) is 47.7 Å². The molecule has 2 aromatic rings. The van der Waals surface area contributed by atoms with Crippen LogP contribution in [0.3, 0.4) is 0 Å². The number of furan rings is 1. The van der Waals surface area contributed by atoms with Crippen LogP contribution in [0.5, 0.6) is 0 Å². The molecule has 0 fully saturated rings. The van der Waals surface area contributed by atoms with Gasteiger partial charge in [-0.1, -0.05) is 37.3 Å². The van der Waals surface area contributed by atoms with Crippen LogP contribution in [0.4, 0.5) is 0 Å². The second-order valence-electron chi connectivity index (χ2n) is 4.75. The lowest BCUT2D eigenvalue weighted by atomic mass is 9.89. The van der Waals surface area contributed by atoms with E-state index in [0.29, 0.717) is 12.3 Å². The highest BCUT2D eigenvalue weighted by Gasteiger charge is 2.26. The molecule has 17 heavy (non-hydrogen) atoms. The molecule has 3 rings (SSSR count). The lowest BCUT2D eigenvalue weighted by Gasteiger charge is -2.14. The Morgan fingerprint density at radius 3 is 2.71 bits per heavy atom. The highest BCUT2D eigenvalue weighted by atomic mass is 16.3. The lowest BCUT2D eigenvalue weighted by molar-refractivity contribution is 0.0949. The maximum Gasteiger partial charge on any atom is 0.166 e. The van der Waals surface area contributed by atoms with Crippen LogP contribution in [0.15, 0.2) is 40.8 Å². The molecule has 0 N–H and O–H groups in total. The third-order valence-electron chi connectivity index (χ3n) is 3.24. The molecule has 2 nitrogen and oxygen atoms in total. The van der Waals surface area contributed by atoms with E-state index in [1.54, 1.807) is 0 Å². The van der Waals surface area contributed by atoms with Gasteiger partial charge >= 0.3 is 0 Å². The number of hydrogen-bond acceptors (Lipinski definition) is 2. The summed E-state index contributed by atoms with van der Waals surface area (Å²) in [6, 6.07) is 11.8. The molecule has 1 heterocycles. The van der Waals surface area contributed by atoms with Gasteiger partial charge in [0.2, 0.25) is 0 Å². The van der Waals surface area contributed by atoms with Gasteiger partial charge in [-0.3, -0.25) is 4.79 Å². The van der Waals surface area contributed by atoms with Gasteiger partial charge in [0.25, 0.3) is 0 Å². The normalized spacial score (nSPS) is 19.1. The third kappa shape index (κ3) is 1.80. The molecule has 1 aromatic carbocycles. The first-order chi connectivity index (χ1) is 8.24. The smallest absolute Gasteiger partial charge is 0.166 e. The molecule has 0 bridgehead atoms. The standard InChI is InChI=1S/C15H14O2/c1-10-7-13(16)12-9-14(17-15(12)8-10)11-5-3-2-4-6-11/h2-6,9-10H,7-8H2,1H3/t10-/m1/s1. The van der Waals surface area contributed by atoms with Crippen LogP contribution in [-0.2, 0) is 6.42 Å². The van der Waals surface area contributed by atoms with Crippen molar-refractivity contribution in [2.45, 2.75) is 19.8 Å². The van der Waals surface area contributed by atoms with Crippen molar-refractivity contribution in [1.82, 2.24) is 0 Å². The Morgan fingerprint density at radius 2 is 1.94 bits per heavy atom. The first-order valence-corrected chi connectivity index (χ1v) is 5.95. The fourth-order valence-electron chi connectivity index (χ4n) is 2.38. The van der Waals surface area contributed by atoms with Crippen LogP contribution >= 0.6 is 0 Å². The number of fused-ring (bicyclic) bond motifs is 1. The van der Waals surface area contributed by atoms with E-state index in [0.717, 1.165) is 29.1 Å². The topological polar surface area (TPSA) is 30.2 Å². The molecule has 0 spiro atoms. The molecular weight excluding hydrogens is 212 g/mol. The minimum Gasteiger partial charge on any atom is -0.460 e. The monoisotopic (exact) mass is 226 g/mol. The van der Waals surface area contributed by atoms with Crippen molar-refractivity contribution >= 4 is 5.78 Å². The van der Waals surface area contributed by atoms with Crippen molar-refractivity contribution in [1.29, 1.82) is 0 Å². The summed E-state index contributed by atoms with van der Waals surface area (Å²) in [7, 11) is 0. The molecular formula is C15H14O2. The first kappa shape index (κ1) is 10.3. The van der Waals surface area contributed by atoms with Crippen LogP contribution in [0.1, 0.15) is 29.5 Å². The Bertz CT molecular complexity index is 552. The molecule has 1 aliphatic rings. The molecule has 0 radical (unpaired) electrons. The second kappa shape index (κ2) is 3.88. The summed E-state index contributed by atoms with van der Waals surface area (Å²) in [6.45, 7) is 2.09. The van der Waals surface area contributed by atoms with E-state index < -0.39 is 0 Å². The average molecular weight is 226 g/mol. The Kier molecular flexibility index (Phi) is 2.36. The number of Topliss-reactive ketones (excluding diaryl/α,β-unsaturated/α-hetero) is 1. The van der Waals surface area contributed by atoms with Crippen LogP contribution in [0.25, 0.3) is 11.3 Å². The summed E-state index contributed by atoms with van der Waals surface area (Å²) in [4.78, 5) is 11.9. The quantitative estimate of drug-likeness (QED) is 0.742. The van der Waals surface area contributed by atoms with Crippen molar-refractivity contribution in [3.63, 3.8) is 0 Å². The largest absolute Gasteiger partial charge is 0.460 e. The highest BCUT2D eigenvalue weighted by Crippen LogP contribution is 2.32. The zero-order valence-electron chi connectivity index (χ0n) is 9.77. The van der Waals surface area contributed by atoms with E-state index in [-0.39, 0.29) is 5.78 Å². The summed E-state index contributed by atoms with van der Waals surface area (Å²) >= 11 is 0. The van der Waals surface area contributed by atoms with Gasteiger partial charge in [0.05, 0.1) is 5.56 Å². The molecule has 0 amide bonds. The maximum absolute atomic E-state index is 11.9. The van der Waals surface area contributed by atoms with Crippen molar-refractivity contribution < 1.29 is 9.21 Å². The number of rotatable bonds is 1. The Morgan fingerprint density at radius 1 is 1.18 bits per heavy atom. The van der Waals surface area contributed by atoms with Gasteiger partial charge in [-0.05, 0) is 12.0 Å². The molecule has 1 aromatic heterocycles. The van der Waals surface area contributed by atoms with E-state index in [2.05, 4.69) is 6.92 Å². The van der Waals surface area contributed by atoms with Crippen molar-refractivity contribution in [3.8, 4) is 11.3 Å². The van der Waals surface area contributed by atoms with Gasteiger partial charge in [0.15, 0.2) is 5.78 Å². The van der Waals surface area contributed by atoms with Gasteiger partial charge in [-0.25, -0.2) is 0 Å². The van der Waals surface area contributed by atoms with Crippen molar-refractivity contribution in [2.75, 3.05) is 0 Å². The lowest BCUT2D eigenvalue weighted by Crippen LogP contribution is -2.15. The van der Waals surface area contributed by atoms with E-state index in [1.807, 2.05) is 36.4 Å². The molecule has 2 heteroatoms. The fourth-order valence-corrected chi connectivity index (χ4v) is 2.38. The molecule has 0 saturated heterocycles. The van der Waals surface area contributed by atoms with Crippen molar-refractivity contribution in [2.24, 2.45) is 5.92 Å².